The van der Waals surface area contributed by atoms with E-state index in [-0.39, 0.29) is 41.8 Å². The molecule has 1 atom stereocenters. The number of amides is 3. The van der Waals surface area contributed by atoms with E-state index >= 15 is 0 Å². The van der Waals surface area contributed by atoms with Gasteiger partial charge in [0.1, 0.15) is 5.54 Å². The number of likely N-dealkylation sites (tertiary alicyclic amines) is 1. The molecule has 0 spiro atoms. The third kappa shape index (κ3) is 4.26. The number of hydrogen-bond donors (Lipinski definition) is 3. The molecule has 8 heteroatoms. The van der Waals surface area contributed by atoms with Gasteiger partial charge in [-0.1, -0.05) is 19.8 Å². The molecule has 7 nitrogen and oxygen atoms in total. The normalized spacial score (nSPS) is 29.2. The highest BCUT2D eigenvalue weighted by Crippen LogP contribution is 2.37. The molecule has 3 rings (SSSR count). The summed E-state index contributed by atoms with van der Waals surface area (Å²) in [7, 11) is 1.83. The number of carbonyl (C=O) groups excluding carboxylic acids is 2. The van der Waals surface area contributed by atoms with Crippen LogP contribution in [0.3, 0.4) is 0 Å². The van der Waals surface area contributed by atoms with Crippen molar-refractivity contribution in [1.82, 2.24) is 20.9 Å². The van der Waals surface area contributed by atoms with Crippen molar-refractivity contribution in [2.45, 2.75) is 57.9 Å². The molecule has 0 aromatic heterocycles. The van der Waals surface area contributed by atoms with Crippen molar-refractivity contribution in [2.75, 3.05) is 26.7 Å². The zero-order valence-corrected chi connectivity index (χ0v) is 18.4. The third-order valence-electron chi connectivity index (χ3n) is 6.38. The second-order valence-corrected chi connectivity index (χ2v) is 8.29. The van der Waals surface area contributed by atoms with Crippen LogP contribution >= 0.6 is 24.0 Å². The maximum atomic E-state index is 12.1. The van der Waals surface area contributed by atoms with Crippen molar-refractivity contribution in [3.8, 4) is 0 Å². The number of imide groups is 1. The fourth-order valence-electron chi connectivity index (χ4n) is 4.54. The van der Waals surface area contributed by atoms with Gasteiger partial charge in [0.2, 0.25) is 0 Å². The van der Waals surface area contributed by atoms with Crippen LogP contribution in [-0.2, 0) is 4.79 Å². The number of hydrogen-bond acceptors (Lipinski definition) is 3. The van der Waals surface area contributed by atoms with Crippen LogP contribution in [0.5, 0.6) is 0 Å². The Bertz CT molecular complexity index is 568. The summed E-state index contributed by atoms with van der Waals surface area (Å²) in [4.78, 5) is 30.3. The van der Waals surface area contributed by atoms with E-state index in [1.54, 1.807) is 0 Å². The molecule has 0 aromatic carbocycles. The lowest BCUT2D eigenvalue weighted by molar-refractivity contribution is -0.125. The largest absolute Gasteiger partial charge is 0.356 e. The van der Waals surface area contributed by atoms with Gasteiger partial charge in [-0.25, -0.2) is 4.79 Å². The predicted octanol–water partition coefficient (Wildman–Crippen LogP) is 2.07. The Hall–Kier alpha value is -1.06. The van der Waals surface area contributed by atoms with Crippen LogP contribution in [0, 0.1) is 11.3 Å². The van der Waals surface area contributed by atoms with Gasteiger partial charge in [-0.2, -0.15) is 0 Å². The van der Waals surface area contributed by atoms with Crippen LogP contribution in [0.4, 0.5) is 4.79 Å². The molecule has 0 bridgehead atoms. The summed E-state index contributed by atoms with van der Waals surface area (Å²) in [6, 6.07) is -0.378. The lowest BCUT2D eigenvalue weighted by Crippen LogP contribution is -2.55. The highest BCUT2D eigenvalue weighted by molar-refractivity contribution is 14.0. The Morgan fingerprint density at radius 3 is 2.35 bits per heavy atom. The molecule has 3 fully saturated rings. The first-order valence-electron chi connectivity index (χ1n) is 9.45. The number of urea groups is 1. The fourth-order valence-corrected chi connectivity index (χ4v) is 4.54. The maximum Gasteiger partial charge on any atom is 0.322 e. The minimum absolute atomic E-state index is 0. The van der Waals surface area contributed by atoms with Crippen LogP contribution in [0.25, 0.3) is 0 Å². The Balaban J connectivity index is 0.00000243. The first-order valence-corrected chi connectivity index (χ1v) is 9.45. The highest BCUT2D eigenvalue weighted by atomic mass is 127. The summed E-state index contributed by atoms with van der Waals surface area (Å²) in [5.74, 6) is 0.907. The Morgan fingerprint density at radius 2 is 1.85 bits per heavy atom. The minimum Gasteiger partial charge on any atom is -0.356 e. The molecule has 3 N–H and O–H groups in total. The van der Waals surface area contributed by atoms with E-state index in [0.717, 1.165) is 38.4 Å². The van der Waals surface area contributed by atoms with E-state index < -0.39 is 5.54 Å². The third-order valence-corrected chi connectivity index (χ3v) is 6.38. The van der Waals surface area contributed by atoms with E-state index in [1.165, 1.54) is 25.7 Å². The van der Waals surface area contributed by atoms with Gasteiger partial charge < -0.3 is 15.5 Å². The second-order valence-electron chi connectivity index (χ2n) is 8.29. The SMILES string of the molecule is CN=C(NCC1(C)CCCC1)N1CCC(C2(C)NC(=O)NC2=O)CC1.I. The average Bonchev–Trinajstić information content (AvgIpc) is 3.13. The summed E-state index contributed by atoms with van der Waals surface area (Å²) in [6.07, 6.45) is 6.95. The fraction of sp³-hybridized carbons (Fsp3) is 0.833. The lowest BCUT2D eigenvalue weighted by Gasteiger charge is -2.40. The van der Waals surface area contributed by atoms with E-state index in [9.17, 15) is 9.59 Å². The smallest absolute Gasteiger partial charge is 0.322 e. The topological polar surface area (TPSA) is 85.8 Å². The molecular weight excluding hydrogens is 445 g/mol. The van der Waals surface area contributed by atoms with Crippen LogP contribution in [-0.4, -0.2) is 55.0 Å². The van der Waals surface area contributed by atoms with Gasteiger partial charge in [0.05, 0.1) is 0 Å². The molecule has 0 aromatic rings. The van der Waals surface area contributed by atoms with Gasteiger partial charge in [-0.15, -0.1) is 24.0 Å². The molecule has 26 heavy (non-hydrogen) atoms. The monoisotopic (exact) mass is 477 g/mol. The molecule has 3 amide bonds. The molecule has 1 aliphatic carbocycles. The molecule has 2 heterocycles. The highest BCUT2D eigenvalue weighted by Gasteiger charge is 2.48. The van der Waals surface area contributed by atoms with Crippen molar-refractivity contribution in [1.29, 1.82) is 0 Å². The zero-order chi connectivity index (χ0) is 18.1. The van der Waals surface area contributed by atoms with Crippen LogP contribution in [0.15, 0.2) is 4.99 Å². The number of halogens is 1. The van der Waals surface area contributed by atoms with Gasteiger partial charge in [-0.3, -0.25) is 15.1 Å². The van der Waals surface area contributed by atoms with Gasteiger partial charge in [-0.05, 0) is 43.9 Å². The van der Waals surface area contributed by atoms with Gasteiger partial charge in [0.25, 0.3) is 5.91 Å². The molecule has 3 aliphatic rings. The standard InChI is InChI=1S/C18H31N5O2.HI/c1-17(8-4-5-9-17)12-20-15(19-3)23-10-6-13(7-11-23)18(2)14(24)21-16(25)22-18;/h13H,4-12H2,1-3H3,(H,19,20)(H2,21,22,24,25);1H. The van der Waals surface area contributed by atoms with E-state index in [1.807, 2.05) is 14.0 Å². The first kappa shape index (κ1) is 21.2. The van der Waals surface area contributed by atoms with Crippen LogP contribution in [0.2, 0.25) is 0 Å². The van der Waals surface area contributed by atoms with Gasteiger partial charge in [0.15, 0.2) is 5.96 Å². The van der Waals surface area contributed by atoms with E-state index in [0.29, 0.717) is 5.41 Å². The molecule has 2 saturated heterocycles. The summed E-state index contributed by atoms with van der Waals surface area (Å²) < 4.78 is 0. The van der Waals surface area contributed by atoms with E-state index in [2.05, 4.69) is 32.8 Å². The van der Waals surface area contributed by atoms with E-state index in [4.69, 9.17) is 0 Å². The van der Waals surface area contributed by atoms with Crippen molar-refractivity contribution in [3.63, 3.8) is 0 Å². The number of piperidine rings is 1. The summed E-state index contributed by atoms with van der Waals surface area (Å²) in [6.45, 7) is 6.85. The number of aliphatic imine (C=N–C) groups is 1. The Labute approximate surface area is 173 Å². The van der Waals surface area contributed by atoms with Gasteiger partial charge >= 0.3 is 6.03 Å². The maximum absolute atomic E-state index is 12.1. The molecular formula is C18H32IN5O2. The quantitative estimate of drug-likeness (QED) is 0.252. The Morgan fingerprint density at radius 1 is 1.23 bits per heavy atom. The number of rotatable bonds is 3. The zero-order valence-electron chi connectivity index (χ0n) is 16.1. The molecule has 2 aliphatic heterocycles. The first-order chi connectivity index (χ1) is 11.9. The molecule has 0 radical (unpaired) electrons. The Kier molecular flexibility index (Phi) is 6.79. The van der Waals surface area contributed by atoms with Gasteiger partial charge in [0, 0.05) is 26.7 Å². The number of nitrogens with zero attached hydrogens (tertiary/aromatic N) is 2. The average molecular weight is 477 g/mol. The lowest BCUT2D eigenvalue weighted by atomic mass is 9.79. The van der Waals surface area contributed by atoms with Crippen LogP contribution < -0.4 is 16.0 Å². The van der Waals surface area contributed by atoms with Crippen LogP contribution in [0.1, 0.15) is 52.4 Å². The number of nitrogens with one attached hydrogen (secondary N) is 3. The molecule has 148 valence electrons. The summed E-state index contributed by atoms with van der Waals surface area (Å²) in [5, 5.41) is 8.74. The van der Waals surface area contributed by atoms with Crippen molar-refractivity contribution in [2.24, 2.45) is 16.3 Å². The number of guanidine groups is 1. The predicted molar refractivity (Wildman–Crippen MR) is 113 cm³/mol. The molecule has 1 unspecified atom stereocenters. The van der Waals surface area contributed by atoms with Crippen molar-refractivity contribution in [3.05, 3.63) is 0 Å². The molecule has 1 saturated carbocycles. The second kappa shape index (κ2) is 8.31. The number of carbonyl (C=O) groups is 2. The van der Waals surface area contributed by atoms with Crippen molar-refractivity contribution >= 4 is 41.9 Å². The van der Waals surface area contributed by atoms with Crippen molar-refractivity contribution < 1.29 is 9.59 Å². The summed E-state index contributed by atoms with van der Waals surface area (Å²) >= 11 is 0. The minimum atomic E-state index is -0.780. The summed E-state index contributed by atoms with van der Waals surface area (Å²) in [5.41, 5.74) is -0.397.